The maximum Gasteiger partial charge on any atom is 0.223 e. The zero-order chi connectivity index (χ0) is 25.1. The molecule has 5 aliphatic rings. The van der Waals surface area contributed by atoms with Crippen LogP contribution in [-0.2, 0) is 9.53 Å². The molecular formula is C24H44BN7O4. The molecule has 2 aliphatic carbocycles. The van der Waals surface area contributed by atoms with Crippen LogP contribution in [0.4, 0.5) is 0 Å². The summed E-state index contributed by atoms with van der Waals surface area (Å²) in [5.74, 6) is 0.432. The molecule has 36 heavy (non-hydrogen) atoms. The van der Waals surface area contributed by atoms with Crippen molar-refractivity contribution in [3.63, 3.8) is 0 Å². The van der Waals surface area contributed by atoms with Gasteiger partial charge in [-0.15, -0.1) is 0 Å². The summed E-state index contributed by atoms with van der Waals surface area (Å²) in [4.78, 5) is 15.2. The van der Waals surface area contributed by atoms with Crippen molar-refractivity contribution in [2.75, 3.05) is 33.0 Å². The maximum atomic E-state index is 13.2. The third-order valence-corrected chi connectivity index (χ3v) is 8.90. The van der Waals surface area contributed by atoms with E-state index in [-0.39, 0.29) is 42.7 Å². The number of rotatable bonds is 8. The SMILES string of the molecule is [B]C(O)(NC1CCCC(C(=O)NC2COC3CCCCC23)C1)C1NNC(C2CCNCN2)N1CCO. The first-order valence-corrected chi connectivity index (χ1v) is 14.0. The highest BCUT2D eigenvalue weighted by atomic mass is 16.5. The lowest BCUT2D eigenvalue weighted by molar-refractivity contribution is -0.127. The van der Waals surface area contributed by atoms with E-state index in [2.05, 4.69) is 32.1 Å². The van der Waals surface area contributed by atoms with Crippen molar-refractivity contribution in [2.45, 2.75) is 100.0 Å². The Bertz CT molecular complexity index is 743. The number of carbonyl (C=O) groups is 1. The molecule has 2 saturated carbocycles. The summed E-state index contributed by atoms with van der Waals surface area (Å²) in [5.41, 5.74) is 4.67. The molecule has 9 unspecified atom stereocenters. The van der Waals surface area contributed by atoms with Crippen molar-refractivity contribution in [3.05, 3.63) is 0 Å². The second kappa shape index (κ2) is 11.9. The Morgan fingerprint density at radius 3 is 2.81 bits per heavy atom. The first-order valence-electron chi connectivity index (χ1n) is 14.0. The summed E-state index contributed by atoms with van der Waals surface area (Å²) in [6, 6.07) is 0.182. The average molecular weight is 505 g/mol. The van der Waals surface area contributed by atoms with Crippen LogP contribution < -0.4 is 32.1 Å². The van der Waals surface area contributed by atoms with E-state index in [9.17, 15) is 15.0 Å². The van der Waals surface area contributed by atoms with Gasteiger partial charge in [-0.1, -0.05) is 19.3 Å². The predicted octanol–water partition coefficient (Wildman–Crippen LogP) is -2.01. The molecule has 0 aromatic carbocycles. The summed E-state index contributed by atoms with van der Waals surface area (Å²) in [5, 5.41) is 34.3. The number of fused-ring (bicyclic) bond motifs is 1. The Kier molecular flexibility index (Phi) is 8.86. The maximum absolute atomic E-state index is 13.2. The van der Waals surface area contributed by atoms with Crippen LogP contribution in [0.15, 0.2) is 0 Å². The number of β-amino-alcohol motifs (C(OH)–C–C–N with tert-alkyl or cyclic N) is 1. The average Bonchev–Trinajstić information content (AvgIpc) is 3.50. The van der Waals surface area contributed by atoms with Crippen molar-refractivity contribution in [2.24, 2.45) is 11.8 Å². The van der Waals surface area contributed by atoms with Crippen LogP contribution in [0.25, 0.3) is 0 Å². The molecule has 0 spiro atoms. The minimum atomic E-state index is -1.75. The monoisotopic (exact) mass is 505 g/mol. The van der Waals surface area contributed by atoms with Crippen LogP contribution in [0.3, 0.4) is 0 Å². The number of hydrogen-bond acceptors (Lipinski definition) is 10. The van der Waals surface area contributed by atoms with Gasteiger partial charge in [0.1, 0.15) is 14.0 Å². The standard InChI is InChI=1S/C24H44BN7O4/c25-24(35,23-31-30-21(32(23)10-11-33)18-8-9-26-14-27-18)29-16-5-3-4-15(12-16)22(34)28-19-13-36-20-7-2-1-6-17(19)20/h15-21,23,26-27,29-31,33,35H,1-14H2,(H,28,34). The van der Waals surface area contributed by atoms with Crippen LogP contribution in [-0.4, -0.2) is 104 Å². The summed E-state index contributed by atoms with van der Waals surface area (Å²) >= 11 is 0. The zero-order valence-corrected chi connectivity index (χ0v) is 21.3. The second-order valence-corrected chi connectivity index (χ2v) is 11.3. The fraction of sp³-hybridized carbons (Fsp3) is 0.958. The van der Waals surface area contributed by atoms with Gasteiger partial charge in [0, 0.05) is 37.1 Å². The second-order valence-electron chi connectivity index (χ2n) is 11.3. The first kappa shape index (κ1) is 26.8. The van der Waals surface area contributed by atoms with E-state index in [1.54, 1.807) is 0 Å². The molecule has 11 nitrogen and oxygen atoms in total. The van der Waals surface area contributed by atoms with Crippen molar-refractivity contribution in [1.82, 2.24) is 37.0 Å². The van der Waals surface area contributed by atoms with Gasteiger partial charge in [-0.05, 0) is 45.1 Å². The Balaban J connectivity index is 1.16. The molecule has 12 heteroatoms. The summed E-state index contributed by atoms with van der Waals surface area (Å²) in [7, 11) is 6.46. The molecule has 5 rings (SSSR count). The van der Waals surface area contributed by atoms with E-state index in [1.807, 2.05) is 4.90 Å². The lowest BCUT2D eigenvalue weighted by atomic mass is 9.80. The minimum absolute atomic E-state index is 0.0458. The van der Waals surface area contributed by atoms with Crippen LogP contribution >= 0.6 is 0 Å². The van der Waals surface area contributed by atoms with Gasteiger partial charge in [-0.2, -0.15) is 0 Å². The van der Waals surface area contributed by atoms with Crippen molar-refractivity contribution >= 4 is 13.8 Å². The predicted molar refractivity (Wildman–Crippen MR) is 135 cm³/mol. The Hall–Kier alpha value is -0.825. The summed E-state index contributed by atoms with van der Waals surface area (Å²) < 4.78 is 5.96. The lowest BCUT2D eigenvalue weighted by Gasteiger charge is -2.43. The number of carbonyl (C=O) groups excluding carboxylic acids is 1. The minimum Gasteiger partial charge on any atom is -0.395 e. The highest BCUT2D eigenvalue weighted by molar-refractivity contribution is 6.14. The van der Waals surface area contributed by atoms with Gasteiger partial charge in [-0.25, -0.2) is 10.9 Å². The number of aliphatic hydroxyl groups excluding tert-OH is 1. The molecule has 3 heterocycles. The molecule has 0 bridgehead atoms. The van der Waals surface area contributed by atoms with Crippen molar-refractivity contribution in [3.8, 4) is 0 Å². The summed E-state index contributed by atoms with van der Waals surface area (Å²) in [6.07, 6.45) is 8.35. The largest absolute Gasteiger partial charge is 0.395 e. The van der Waals surface area contributed by atoms with Gasteiger partial charge in [0.15, 0.2) is 0 Å². The van der Waals surface area contributed by atoms with E-state index in [0.29, 0.717) is 38.3 Å². The first-order chi connectivity index (χ1) is 17.5. The van der Waals surface area contributed by atoms with Crippen LogP contribution in [0.1, 0.15) is 57.8 Å². The van der Waals surface area contributed by atoms with Crippen LogP contribution in [0, 0.1) is 11.8 Å². The molecule has 3 aliphatic heterocycles. The number of hydrogen-bond donors (Lipinski definition) is 8. The van der Waals surface area contributed by atoms with E-state index in [1.165, 1.54) is 12.8 Å². The van der Waals surface area contributed by atoms with E-state index >= 15 is 0 Å². The number of aliphatic hydroxyl groups is 2. The van der Waals surface area contributed by atoms with E-state index < -0.39 is 11.8 Å². The number of hydrazine groups is 1. The van der Waals surface area contributed by atoms with Gasteiger partial charge in [0.25, 0.3) is 0 Å². The fourth-order valence-corrected chi connectivity index (χ4v) is 7.05. The molecule has 5 fully saturated rings. The number of amides is 1. The van der Waals surface area contributed by atoms with E-state index in [4.69, 9.17) is 12.6 Å². The Morgan fingerprint density at radius 1 is 1.14 bits per heavy atom. The Labute approximate surface area is 215 Å². The highest BCUT2D eigenvalue weighted by Gasteiger charge is 2.47. The highest BCUT2D eigenvalue weighted by Crippen LogP contribution is 2.35. The lowest BCUT2D eigenvalue weighted by Crippen LogP contribution is -2.67. The zero-order valence-electron chi connectivity index (χ0n) is 21.3. The normalized spacial score (nSPS) is 41.5. The molecule has 2 radical (unpaired) electrons. The van der Waals surface area contributed by atoms with Gasteiger partial charge >= 0.3 is 0 Å². The molecule has 8 N–H and O–H groups in total. The number of nitrogens with zero attached hydrogens (tertiary/aromatic N) is 1. The molecule has 9 atom stereocenters. The smallest absolute Gasteiger partial charge is 0.223 e. The number of ether oxygens (including phenoxy) is 1. The molecule has 1 amide bonds. The molecule has 0 aromatic heterocycles. The van der Waals surface area contributed by atoms with Gasteiger partial charge < -0.3 is 25.6 Å². The van der Waals surface area contributed by atoms with Crippen molar-refractivity contribution in [1.29, 1.82) is 0 Å². The fourth-order valence-electron chi connectivity index (χ4n) is 7.05. The third kappa shape index (κ3) is 5.92. The van der Waals surface area contributed by atoms with Gasteiger partial charge in [0.2, 0.25) is 5.91 Å². The molecule has 202 valence electrons. The van der Waals surface area contributed by atoms with Gasteiger partial charge in [-0.3, -0.25) is 20.3 Å². The number of nitrogens with one attached hydrogen (secondary N) is 6. The van der Waals surface area contributed by atoms with E-state index in [0.717, 1.165) is 45.1 Å². The quantitative estimate of drug-likeness (QED) is 0.138. The molecule has 0 aromatic rings. The third-order valence-electron chi connectivity index (χ3n) is 8.90. The topological polar surface area (TPSA) is 142 Å². The Morgan fingerprint density at radius 2 is 2.00 bits per heavy atom. The van der Waals surface area contributed by atoms with Crippen molar-refractivity contribution < 1.29 is 19.7 Å². The summed E-state index contributed by atoms with van der Waals surface area (Å²) in [6.45, 7) is 2.55. The molecular weight excluding hydrogens is 461 g/mol. The van der Waals surface area contributed by atoms with Gasteiger partial charge in [0.05, 0.1) is 37.1 Å². The molecule has 3 saturated heterocycles. The van der Waals surface area contributed by atoms with Crippen LogP contribution in [0.2, 0.25) is 0 Å². The van der Waals surface area contributed by atoms with Crippen LogP contribution in [0.5, 0.6) is 0 Å².